The molecule has 0 N–H and O–H groups in total. The molecule has 13 rings (SSSR count). The van der Waals surface area contributed by atoms with Crippen molar-refractivity contribution >= 4 is 49.6 Å². The van der Waals surface area contributed by atoms with E-state index in [0.717, 1.165) is 22.7 Å². The molecule has 0 spiro atoms. The lowest BCUT2D eigenvalue weighted by Gasteiger charge is -2.35. The number of hydrogen-bond acceptors (Lipinski definition) is 1. The quantitative estimate of drug-likeness (QED) is 0.148. The lowest BCUT2D eigenvalue weighted by Crippen LogP contribution is -2.28. The van der Waals surface area contributed by atoms with Gasteiger partial charge in [-0.1, -0.05) is 206 Å². The van der Waals surface area contributed by atoms with Crippen molar-refractivity contribution in [2.24, 2.45) is 0 Å². The SMILES string of the molecule is c1ccc(C2(c3cccc(N(c4ccc(-c5ccc(-n6c7ccccc7c7ccccc76)cc5)cc4)c4ccc(-c5cccc6ccccc56)cc4)c3)c3ccccc3-c3ccccc32)cc1. The normalized spacial score (nSPS) is 12.6. The summed E-state index contributed by atoms with van der Waals surface area (Å²) in [5.41, 5.74) is 18.8. The molecule has 12 aromatic rings. The van der Waals surface area contributed by atoms with Crippen LogP contribution in [0.3, 0.4) is 0 Å². The average molecular weight is 853 g/mol. The molecular weight excluding hydrogens is 809 g/mol. The van der Waals surface area contributed by atoms with Gasteiger partial charge in [-0.3, -0.25) is 0 Å². The fourth-order valence-electron chi connectivity index (χ4n) is 11.1. The maximum Gasteiger partial charge on any atom is 0.0714 e. The van der Waals surface area contributed by atoms with Gasteiger partial charge in [0.15, 0.2) is 0 Å². The van der Waals surface area contributed by atoms with Crippen LogP contribution < -0.4 is 4.90 Å². The highest BCUT2D eigenvalue weighted by Gasteiger charge is 2.46. The van der Waals surface area contributed by atoms with E-state index in [-0.39, 0.29) is 0 Å². The third kappa shape index (κ3) is 6.18. The molecule has 1 aromatic heterocycles. The van der Waals surface area contributed by atoms with Crippen molar-refractivity contribution in [1.82, 2.24) is 4.57 Å². The Morgan fingerprint density at radius 2 is 0.761 bits per heavy atom. The van der Waals surface area contributed by atoms with Crippen LogP contribution in [-0.2, 0) is 5.41 Å². The molecule has 0 bridgehead atoms. The zero-order valence-electron chi connectivity index (χ0n) is 36.8. The lowest BCUT2D eigenvalue weighted by molar-refractivity contribution is 0.768. The number of hydrogen-bond donors (Lipinski definition) is 0. The molecule has 2 heteroatoms. The molecule has 0 aliphatic heterocycles. The maximum absolute atomic E-state index is 2.42. The van der Waals surface area contributed by atoms with Crippen LogP contribution in [0, 0.1) is 0 Å². The zero-order valence-corrected chi connectivity index (χ0v) is 36.8. The second kappa shape index (κ2) is 15.8. The Morgan fingerprint density at radius 3 is 1.40 bits per heavy atom. The summed E-state index contributed by atoms with van der Waals surface area (Å²) in [6.45, 7) is 0. The summed E-state index contributed by atoms with van der Waals surface area (Å²) in [4.78, 5) is 2.41. The summed E-state index contributed by atoms with van der Waals surface area (Å²) in [7, 11) is 0. The molecule has 0 fully saturated rings. The van der Waals surface area contributed by atoms with Crippen molar-refractivity contribution < 1.29 is 0 Å². The Morgan fingerprint density at radius 1 is 0.299 bits per heavy atom. The molecule has 0 atom stereocenters. The molecule has 0 saturated heterocycles. The number of rotatable bonds is 8. The molecule has 0 saturated carbocycles. The highest BCUT2D eigenvalue weighted by molar-refractivity contribution is 6.09. The van der Waals surface area contributed by atoms with Gasteiger partial charge < -0.3 is 9.47 Å². The predicted octanol–water partition coefficient (Wildman–Crippen LogP) is 17.1. The number of fused-ring (bicyclic) bond motifs is 7. The van der Waals surface area contributed by atoms with Crippen molar-refractivity contribution in [3.05, 3.63) is 289 Å². The van der Waals surface area contributed by atoms with Crippen LogP contribution in [0.2, 0.25) is 0 Å². The molecule has 0 unspecified atom stereocenters. The van der Waals surface area contributed by atoms with E-state index in [2.05, 4.69) is 276 Å². The van der Waals surface area contributed by atoms with Gasteiger partial charge >= 0.3 is 0 Å². The molecule has 1 aliphatic carbocycles. The summed E-state index contributed by atoms with van der Waals surface area (Å²) in [6.07, 6.45) is 0. The molecule has 0 radical (unpaired) electrons. The van der Waals surface area contributed by atoms with E-state index in [1.807, 2.05) is 0 Å². The second-order valence-corrected chi connectivity index (χ2v) is 17.6. The van der Waals surface area contributed by atoms with Crippen LogP contribution in [0.4, 0.5) is 17.1 Å². The van der Waals surface area contributed by atoms with Crippen molar-refractivity contribution in [2.45, 2.75) is 5.41 Å². The first-order valence-corrected chi connectivity index (χ1v) is 23.2. The van der Waals surface area contributed by atoms with Gasteiger partial charge in [0.1, 0.15) is 0 Å². The van der Waals surface area contributed by atoms with E-state index in [1.165, 1.54) is 88.2 Å². The van der Waals surface area contributed by atoms with E-state index in [9.17, 15) is 0 Å². The molecule has 0 amide bonds. The summed E-state index contributed by atoms with van der Waals surface area (Å²) in [5.74, 6) is 0. The molecule has 67 heavy (non-hydrogen) atoms. The molecule has 11 aromatic carbocycles. The first kappa shape index (κ1) is 38.7. The van der Waals surface area contributed by atoms with Gasteiger partial charge in [0, 0.05) is 33.5 Å². The first-order valence-electron chi connectivity index (χ1n) is 23.2. The predicted molar refractivity (Wildman–Crippen MR) is 281 cm³/mol. The third-order valence-electron chi connectivity index (χ3n) is 14.1. The molecular formula is C65H44N2. The molecule has 1 aliphatic rings. The minimum atomic E-state index is -0.510. The summed E-state index contributed by atoms with van der Waals surface area (Å²) in [5, 5.41) is 5.03. The number of nitrogens with zero attached hydrogens (tertiary/aromatic N) is 2. The van der Waals surface area contributed by atoms with Crippen molar-refractivity contribution in [1.29, 1.82) is 0 Å². The Labute approximate surface area is 390 Å². The van der Waals surface area contributed by atoms with Gasteiger partial charge in [-0.15, -0.1) is 0 Å². The smallest absolute Gasteiger partial charge is 0.0714 e. The number of benzene rings is 11. The fourth-order valence-corrected chi connectivity index (χ4v) is 11.1. The minimum Gasteiger partial charge on any atom is -0.310 e. The Balaban J connectivity index is 0.934. The highest BCUT2D eigenvalue weighted by atomic mass is 15.1. The monoisotopic (exact) mass is 852 g/mol. The zero-order chi connectivity index (χ0) is 44.3. The Hall–Kier alpha value is -8.72. The fraction of sp³-hybridized carbons (Fsp3) is 0.0154. The summed E-state index contributed by atoms with van der Waals surface area (Å²) < 4.78 is 2.37. The van der Waals surface area contributed by atoms with Crippen LogP contribution in [0.5, 0.6) is 0 Å². The lowest BCUT2D eigenvalue weighted by atomic mass is 9.67. The number of aromatic nitrogens is 1. The number of anilines is 3. The molecule has 2 nitrogen and oxygen atoms in total. The maximum atomic E-state index is 2.42. The van der Waals surface area contributed by atoms with E-state index < -0.39 is 5.41 Å². The van der Waals surface area contributed by atoms with Crippen LogP contribution in [0.1, 0.15) is 22.3 Å². The van der Waals surface area contributed by atoms with Gasteiger partial charge in [0.05, 0.1) is 16.4 Å². The second-order valence-electron chi connectivity index (χ2n) is 17.6. The molecule has 1 heterocycles. The third-order valence-corrected chi connectivity index (χ3v) is 14.1. The summed E-state index contributed by atoms with van der Waals surface area (Å²) in [6, 6.07) is 98.0. The van der Waals surface area contributed by atoms with Crippen LogP contribution in [-0.4, -0.2) is 4.57 Å². The Kier molecular flexibility index (Phi) is 9.11. The van der Waals surface area contributed by atoms with Crippen molar-refractivity contribution in [3.8, 4) is 39.1 Å². The van der Waals surface area contributed by atoms with Gasteiger partial charge in [-0.05, 0) is 127 Å². The van der Waals surface area contributed by atoms with Crippen molar-refractivity contribution in [3.63, 3.8) is 0 Å². The van der Waals surface area contributed by atoms with Crippen molar-refractivity contribution in [2.75, 3.05) is 4.90 Å². The van der Waals surface area contributed by atoms with Gasteiger partial charge in [0.2, 0.25) is 0 Å². The minimum absolute atomic E-state index is 0.510. The van der Waals surface area contributed by atoms with Gasteiger partial charge in [-0.25, -0.2) is 0 Å². The highest BCUT2D eigenvalue weighted by Crippen LogP contribution is 2.56. The number of para-hydroxylation sites is 2. The Bertz CT molecular complexity index is 3680. The van der Waals surface area contributed by atoms with E-state index in [1.54, 1.807) is 0 Å². The standard InChI is InChI=1S/C65H44N2/c1-2-18-49(19-3-1)65(61-28-10-6-23-57(61)58-24-7-11-29-62(58)65)50-20-15-21-54(44-50)66(52-42-36-48(37-43-52)56-27-14-17-47-16-4-5-22-55(47)56)51-38-32-45(33-39-51)46-34-40-53(41-35-46)67-63-30-12-8-25-59(63)60-26-9-13-31-64(60)67/h1-44H. The van der Waals surface area contributed by atoms with Gasteiger partial charge in [0.25, 0.3) is 0 Å². The first-order chi connectivity index (χ1) is 33.2. The van der Waals surface area contributed by atoms with E-state index >= 15 is 0 Å². The topological polar surface area (TPSA) is 8.17 Å². The van der Waals surface area contributed by atoms with Crippen LogP contribution in [0.15, 0.2) is 267 Å². The summed E-state index contributed by atoms with van der Waals surface area (Å²) >= 11 is 0. The van der Waals surface area contributed by atoms with Crippen LogP contribution in [0.25, 0.3) is 71.6 Å². The van der Waals surface area contributed by atoms with Crippen LogP contribution >= 0.6 is 0 Å². The average Bonchev–Trinajstić information content (AvgIpc) is 3.90. The van der Waals surface area contributed by atoms with Gasteiger partial charge in [-0.2, -0.15) is 0 Å². The largest absolute Gasteiger partial charge is 0.310 e. The van der Waals surface area contributed by atoms with E-state index in [4.69, 9.17) is 0 Å². The van der Waals surface area contributed by atoms with E-state index in [0.29, 0.717) is 0 Å². The molecule has 314 valence electrons.